The van der Waals surface area contributed by atoms with Gasteiger partial charge in [-0.25, -0.2) is 13.6 Å². The highest BCUT2D eigenvalue weighted by Gasteiger charge is 2.46. The van der Waals surface area contributed by atoms with Gasteiger partial charge in [0, 0.05) is 31.8 Å². The maximum absolute atomic E-state index is 14.2. The van der Waals surface area contributed by atoms with Crippen LogP contribution < -0.4 is 4.74 Å². The number of rotatable bonds is 8. The summed E-state index contributed by atoms with van der Waals surface area (Å²) in [5, 5.41) is 19.5. The normalized spacial score (nSPS) is 26.8. The van der Waals surface area contributed by atoms with Crippen molar-refractivity contribution >= 4 is 17.6 Å². The Morgan fingerprint density at radius 1 is 1.45 bits per heavy atom. The van der Waals surface area contributed by atoms with Crippen molar-refractivity contribution in [3.63, 3.8) is 0 Å². The highest BCUT2D eigenvalue weighted by Crippen LogP contribution is 2.46. The monoisotopic (exact) mass is 458 g/mol. The Bertz CT molecular complexity index is 828. The summed E-state index contributed by atoms with van der Waals surface area (Å²) >= 11 is 6.32. The van der Waals surface area contributed by atoms with E-state index in [0.29, 0.717) is 37.9 Å². The molecular weight excluding hydrogens is 430 g/mol. The molecule has 5 nitrogen and oxygen atoms in total. The van der Waals surface area contributed by atoms with Crippen LogP contribution in [0.3, 0.4) is 0 Å². The fraction of sp³-hybridized carbons (Fsp3) is 0.609. The Morgan fingerprint density at radius 3 is 2.84 bits per heavy atom. The summed E-state index contributed by atoms with van der Waals surface area (Å²) in [6, 6.07) is 3.18. The third kappa shape index (κ3) is 5.04. The molecule has 0 radical (unpaired) electrons. The van der Waals surface area contributed by atoms with Crippen LogP contribution in [0.4, 0.5) is 8.78 Å². The number of benzene rings is 1. The molecule has 2 aliphatic rings. The van der Waals surface area contributed by atoms with Gasteiger partial charge in [-0.1, -0.05) is 43.2 Å². The molecular formula is C23H29ClF2O5. The zero-order chi connectivity index (χ0) is 22.8. The summed E-state index contributed by atoms with van der Waals surface area (Å²) in [4.78, 5) is 11.4. The summed E-state index contributed by atoms with van der Waals surface area (Å²) in [5.41, 5.74) is 0.807. The van der Waals surface area contributed by atoms with Gasteiger partial charge in [-0.3, -0.25) is 0 Å². The van der Waals surface area contributed by atoms with Crippen molar-refractivity contribution in [1.29, 1.82) is 0 Å². The van der Waals surface area contributed by atoms with Crippen LogP contribution in [-0.2, 0) is 11.2 Å². The average Bonchev–Trinajstić information content (AvgIpc) is 2.95. The molecule has 1 unspecified atom stereocenters. The van der Waals surface area contributed by atoms with Crippen LogP contribution in [0.25, 0.3) is 0 Å². The number of alkyl halides is 2. The van der Waals surface area contributed by atoms with E-state index in [9.17, 15) is 23.8 Å². The average molecular weight is 459 g/mol. The number of hydrogen-bond acceptors (Lipinski definition) is 4. The SMILES string of the molecule is CCCCC(F)(F)C(O)/C=C/[C@@H]1[C@H]2CCc3ccc(C(=O)O)c(Cl)c3O[C@H]2C[C@H]1OC. The number of methoxy groups -OCH3 is 1. The second-order valence-electron chi connectivity index (χ2n) is 8.36. The molecule has 0 amide bonds. The first-order valence-electron chi connectivity index (χ1n) is 10.7. The van der Waals surface area contributed by atoms with Gasteiger partial charge < -0.3 is 19.7 Å². The lowest BCUT2D eigenvalue weighted by Gasteiger charge is -2.24. The summed E-state index contributed by atoms with van der Waals surface area (Å²) in [5.74, 6) is -4.17. The minimum Gasteiger partial charge on any atom is -0.488 e. The summed E-state index contributed by atoms with van der Waals surface area (Å²) in [6.45, 7) is 1.83. The van der Waals surface area contributed by atoms with E-state index < -0.39 is 18.0 Å². The van der Waals surface area contributed by atoms with Crippen LogP contribution in [0.1, 0.15) is 54.9 Å². The van der Waals surface area contributed by atoms with E-state index in [1.165, 1.54) is 12.1 Å². The van der Waals surface area contributed by atoms with E-state index in [0.717, 1.165) is 5.56 Å². The number of aliphatic hydroxyl groups excluding tert-OH is 1. The molecule has 172 valence electrons. The number of carbonyl (C=O) groups is 1. The van der Waals surface area contributed by atoms with Gasteiger partial charge in [0.15, 0.2) is 0 Å². The topological polar surface area (TPSA) is 76.0 Å². The smallest absolute Gasteiger partial charge is 0.337 e. The van der Waals surface area contributed by atoms with Gasteiger partial charge in [0.05, 0.1) is 16.7 Å². The van der Waals surface area contributed by atoms with Crippen molar-refractivity contribution < 1.29 is 33.3 Å². The number of ether oxygens (including phenoxy) is 2. The molecule has 1 saturated carbocycles. The van der Waals surface area contributed by atoms with Crippen molar-refractivity contribution in [3.05, 3.63) is 40.4 Å². The maximum Gasteiger partial charge on any atom is 0.337 e. The fourth-order valence-electron chi connectivity index (χ4n) is 4.61. The van der Waals surface area contributed by atoms with Crippen LogP contribution in [0.5, 0.6) is 5.75 Å². The van der Waals surface area contributed by atoms with Gasteiger partial charge in [0.1, 0.15) is 18.0 Å². The van der Waals surface area contributed by atoms with E-state index in [2.05, 4.69) is 0 Å². The van der Waals surface area contributed by atoms with Gasteiger partial charge in [-0.05, 0) is 30.9 Å². The van der Waals surface area contributed by atoms with Crippen molar-refractivity contribution in [1.82, 2.24) is 0 Å². The summed E-state index contributed by atoms with van der Waals surface area (Å²) < 4.78 is 40.1. The molecule has 1 heterocycles. The Hall–Kier alpha value is -1.70. The van der Waals surface area contributed by atoms with E-state index >= 15 is 0 Å². The van der Waals surface area contributed by atoms with Gasteiger partial charge in [-0.2, -0.15) is 0 Å². The third-order valence-corrected chi connectivity index (χ3v) is 6.78. The quantitative estimate of drug-likeness (QED) is 0.528. The highest BCUT2D eigenvalue weighted by atomic mass is 35.5. The van der Waals surface area contributed by atoms with Crippen molar-refractivity contribution in [2.75, 3.05) is 7.11 Å². The molecule has 31 heavy (non-hydrogen) atoms. The lowest BCUT2D eigenvalue weighted by molar-refractivity contribution is -0.0932. The standard InChI is InChI=1S/C23H29ClF2O5/c1-3-4-11-23(25,26)19(27)10-9-14-15-7-5-13-6-8-16(22(28)29)20(24)21(13)31-18(15)12-17(14)30-2/h6,8-10,14-15,17-19,27H,3-5,7,11-12H2,1-2H3,(H,28,29)/b10-9+/t14-,15-,17-,18+,19?/m1/s1. The molecule has 3 rings (SSSR count). The van der Waals surface area contributed by atoms with Crippen LogP contribution in [0.15, 0.2) is 24.3 Å². The van der Waals surface area contributed by atoms with E-state index in [1.54, 1.807) is 19.3 Å². The number of fused-ring (bicyclic) bond motifs is 2. The first-order chi connectivity index (χ1) is 14.7. The lowest BCUT2D eigenvalue weighted by Crippen LogP contribution is -2.32. The Labute approximate surface area is 186 Å². The number of aliphatic hydroxyl groups is 1. The molecule has 1 fully saturated rings. The minimum absolute atomic E-state index is 0.0194. The Kier molecular flexibility index (Phi) is 7.60. The van der Waals surface area contributed by atoms with Crippen LogP contribution in [0, 0.1) is 11.8 Å². The molecule has 0 aromatic heterocycles. The van der Waals surface area contributed by atoms with E-state index in [-0.39, 0.29) is 41.1 Å². The first kappa shape index (κ1) is 24.0. The number of hydrogen-bond donors (Lipinski definition) is 2. The number of aromatic carboxylic acids is 1. The number of halogens is 3. The number of carboxylic acids is 1. The lowest BCUT2D eigenvalue weighted by atomic mass is 9.87. The van der Waals surface area contributed by atoms with E-state index in [1.807, 2.05) is 6.92 Å². The summed E-state index contributed by atoms with van der Waals surface area (Å²) in [6.07, 6.45) is 2.87. The van der Waals surface area contributed by atoms with Crippen LogP contribution in [0.2, 0.25) is 5.02 Å². The minimum atomic E-state index is -3.18. The fourth-order valence-corrected chi connectivity index (χ4v) is 4.92. The zero-order valence-corrected chi connectivity index (χ0v) is 18.4. The van der Waals surface area contributed by atoms with Crippen molar-refractivity contribution in [2.24, 2.45) is 11.8 Å². The molecule has 0 bridgehead atoms. The molecule has 1 aliphatic heterocycles. The molecule has 0 saturated heterocycles. The van der Waals surface area contributed by atoms with Crippen LogP contribution in [-0.4, -0.2) is 47.5 Å². The van der Waals surface area contributed by atoms with Crippen molar-refractivity contribution in [3.8, 4) is 5.75 Å². The Morgan fingerprint density at radius 2 is 2.19 bits per heavy atom. The molecule has 1 aliphatic carbocycles. The van der Waals surface area contributed by atoms with Gasteiger partial charge in [0.25, 0.3) is 5.92 Å². The second kappa shape index (κ2) is 9.84. The largest absolute Gasteiger partial charge is 0.488 e. The third-order valence-electron chi connectivity index (χ3n) is 6.41. The highest BCUT2D eigenvalue weighted by molar-refractivity contribution is 6.35. The Balaban J connectivity index is 1.81. The molecule has 8 heteroatoms. The number of aryl methyl sites for hydroxylation is 1. The number of carboxylic acid groups (broad SMARTS) is 1. The maximum atomic E-state index is 14.2. The molecule has 0 spiro atoms. The van der Waals surface area contributed by atoms with Gasteiger partial charge in [0.2, 0.25) is 0 Å². The van der Waals surface area contributed by atoms with Crippen molar-refractivity contribution in [2.45, 2.75) is 69.7 Å². The molecule has 1 aromatic rings. The van der Waals surface area contributed by atoms with Gasteiger partial charge >= 0.3 is 5.97 Å². The molecule has 2 N–H and O–H groups in total. The zero-order valence-electron chi connectivity index (χ0n) is 17.7. The predicted octanol–water partition coefficient (Wildman–Crippen LogP) is 5.13. The first-order valence-corrected chi connectivity index (χ1v) is 11.1. The summed E-state index contributed by atoms with van der Waals surface area (Å²) in [7, 11) is 1.56. The van der Waals surface area contributed by atoms with E-state index in [4.69, 9.17) is 21.1 Å². The molecule has 5 atom stereocenters. The second-order valence-corrected chi connectivity index (χ2v) is 8.74. The predicted molar refractivity (Wildman–Crippen MR) is 113 cm³/mol. The van der Waals surface area contributed by atoms with Gasteiger partial charge in [-0.15, -0.1) is 0 Å². The number of unbranched alkanes of at least 4 members (excludes halogenated alkanes) is 1. The molecule has 1 aromatic carbocycles. The van der Waals surface area contributed by atoms with Crippen LogP contribution >= 0.6 is 11.6 Å².